The molecular weight excluding hydrogens is 368 g/mol. The van der Waals surface area contributed by atoms with Gasteiger partial charge in [0, 0.05) is 4.47 Å². The van der Waals surface area contributed by atoms with E-state index in [0.717, 1.165) is 0 Å². The van der Waals surface area contributed by atoms with Crippen LogP contribution in [0.2, 0.25) is 0 Å². The van der Waals surface area contributed by atoms with Gasteiger partial charge in [-0.2, -0.15) is 26.3 Å². The van der Waals surface area contributed by atoms with Crippen LogP contribution in [0.4, 0.5) is 26.3 Å². The highest BCUT2D eigenvalue weighted by atomic mass is 79.9. The molecule has 0 bridgehead atoms. The average Bonchev–Trinajstić information content (AvgIpc) is 2.11. The molecule has 19 heavy (non-hydrogen) atoms. The Morgan fingerprint density at radius 2 is 1.37 bits per heavy atom. The van der Waals surface area contributed by atoms with Gasteiger partial charge < -0.3 is 0 Å². The second kappa shape index (κ2) is 4.63. The summed E-state index contributed by atoms with van der Waals surface area (Å²) in [4.78, 5) is -1.63. The zero-order valence-corrected chi connectivity index (χ0v) is 11.0. The predicted molar refractivity (Wildman–Crippen MR) is 55.5 cm³/mol. The van der Waals surface area contributed by atoms with Gasteiger partial charge in [-0.05, 0) is 12.1 Å². The Labute approximate surface area is 111 Å². The van der Waals surface area contributed by atoms with E-state index in [1.165, 1.54) is 0 Å². The largest absolute Gasteiger partial charge is 0.417 e. The molecule has 0 atom stereocenters. The summed E-state index contributed by atoms with van der Waals surface area (Å²) in [6.45, 7) is 0. The Hall–Kier alpha value is -0.810. The molecule has 1 rings (SSSR count). The van der Waals surface area contributed by atoms with E-state index < -0.39 is 42.9 Å². The van der Waals surface area contributed by atoms with Gasteiger partial charge in [-0.3, -0.25) is 0 Å². The second-order valence-electron chi connectivity index (χ2n) is 3.37. The van der Waals surface area contributed by atoms with Gasteiger partial charge in [-0.15, -0.1) is 0 Å². The van der Waals surface area contributed by atoms with Gasteiger partial charge in [0.05, 0.1) is 16.0 Å². The Bertz CT molecular complexity index is 607. The first-order valence-corrected chi connectivity index (χ1v) is 6.59. The Morgan fingerprint density at radius 3 is 1.68 bits per heavy atom. The maximum atomic E-state index is 12.6. The summed E-state index contributed by atoms with van der Waals surface area (Å²) in [6, 6.07) is -0.120. The maximum Gasteiger partial charge on any atom is 0.417 e. The van der Waals surface area contributed by atoms with Crippen molar-refractivity contribution >= 4 is 26.0 Å². The summed E-state index contributed by atoms with van der Waals surface area (Å²) >= 11 is 2.32. The van der Waals surface area contributed by atoms with Gasteiger partial charge in [0.15, 0.2) is 0 Å². The molecular formula is C8H4BrF6NO2S. The zero-order chi connectivity index (χ0) is 15.2. The van der Waals surface area contributed by atoms with Crippen LogP contribution in [0.1, 0.15) is 11.1 Å². The molecule has 0 spiro atoms. The molecule has 0 fully saturated rings. The van der Waals surface area contributed by atoms with Gasteiger partial charge in [0.1, 0.15) is 0 Å². The Balaban J connectivity index is 3.76. The van der Waals surface area contributed by atoms with Gasteiger partial charge in [0.25, 0.3) is 0 Å². The van der Waals surface area contributed by atoms with Crippen LogP contribution in [0.5, 0.6) is 0 Å². The van der Waals surface area contributed by atoms with Gasteiger partial charge in [-0.1, -0.05) is 15.9 Å². The van der Waals surface area contributed by atoms with Crippen LogP contribution < -0.4 is 5.14 Å². The molecule has 0 aliphatic heterocycles. The zero-order valence-electron chi connectivity index (χ0n) is 8.60. The highest BCUT2D eigenvalue weighted by Crippen LogP contribution is 2.41. The lowest BCUT2D eigenvalue weighted by Crippen LogP contribution is -2.21. The third kappa shape index (κ3) is 3.60. The van der Waals surface area contributed by atoms with Crippen LogP contribution in [0.25, 0.3) is 0 Å². The van der Waals surface area contributed by atoms with Crippen LogP contribution in [-0.2, 0) is 22.4 Å². The summed E-state index contributed by atoms with van der Waals surface area (Å²) in [7, 11) is -4.96. The fourth-order valence-electron chi connectivity index (χ4n) is 1.23. The van der Waals surface area contributed by atoms with Crippen LogP contribution >= 0.6 is 15.9 Å². The minimum atomic E-state index is -5.16. The standard InChI is InChI=1S/C8H4BrF6NO2S/c9-5-1-4(8(13,14)15)6(19(16,17)18)2-3(5)7(10,11)12/h1-2H,(H2,16,17,18). The molecule has 108 valence electrons. The number of primary sulfonamides is 1. The normalized spacial score (nSPS) is 13.7. The molecule has 1 aromatic rings. The maximum absolute atomic E-state index is 12.6. The monoisotopic (exact) mass is 371 g/mol. The smallest absolute Gasteiger partial charge is 0.225 e. The van der Waals surface area contributed by atoms with Crippen molar-refractivity contribution in [3.8, 4) is 0 Å². The predicted octanol–water partition coefficient (Wildman–Crippen LogP) is 3.13. The van der Waals surface area contributed by atoms with E-state index in [2.05, 4.69) is 21.1 Å². The van der Waals surface area contributed by atoms with E-state index in [4.69, 9.17) is 0 Å². The Morgan fingerprint density at radius 1 is 0.947 bits per heavy atom. The SMILES string of the molecule is NS(=O)(=O)c1cc(C(F)(F)F)c(Br)cc1C(F)(F)F. The molecule has 0 unspecified atom stereocenters. The lowest BCUT2D eigenvalue weighted by Gasteiger charge is -2.16. The first kappa shape index (κ1) is 16.2. The van der Waals surface area contributed by atoms with Crippen molar-refractivity contribution in [2.24, 2.45) is 5.14 Å². The van der Waals surface area contributed by atoms with Gasteiger partial charge in [0.2, 0.25) is 10.0 Å². The summed E-state index contributed by atoms with van der Waals surface area (Å²) in [5.74, 6) is 0. The lowest BCUT2D eigenvalue weighted by atomic mass is 10.1. The summed E-state index contributed by atoms with van der Waals surface area (Å²) in [6.07, 6.45) is -10.2. The van der Waals surface area contributed by atoms with E-state index in [1.54, 1.807) is 0 Å². The summed E-state index contributed by atoms with van der Waals surface area (Å²) in [5.41, 5.74) is -3.33. The molecule has 1 aromatic carbocycles. The Kier molecular flexibility index (Phi) is 3.96. The van der Waals surface area contributed by atoms with Gasteiger partial charge in [-0.25, -0.2) is 13.6 Å². The topological polar surface area (TPSA) is 60.2 Å². The van der Waals surface area contributed by atoms with Crippen LogP contribution in [-0.4, -0.2) is 8.42 Å². The van der Waals surface area contributed by atoms with Crippen molar-refractivity contribution in [2.45, 2.75) is 17.2 Å². The molecule has 3 nitrogen and oxygen atoms in total. The summed E-state index contributed by atoms with van der Waals surface area (Å²) in [5, 5.41) is 4.51. The first-order valence-electron chi connectivity index (χ1n) is 4.25. The number of benzene rings is 1. The third-order valence-electron chi connectivity index (χ3n) is 1.99. The minimum Gasteiger partial charge on any atom is -0.225 e. The highest BCUT2D eigenvalue weighted by molar-refractivity contribution is 9.10. The number of hydrogen-bond donors (Lipinski definition) is 1. The summed E-state index contributed by atoms with van der Waals surface area (Å²) < 4.78 is 96.2. The van der Waals surface area contributed by atoms with Crippen LogP contribution in [0.3, 0.4) is 0 Å². The molecule has 0 aliphatic carbocycles. The molecule has 0 saturated heterocycles. The van der Waals surface area contributed by atoms with Crippen molar-refractivity contribution in [3.05, 3.63) is 27.7 Å². The van der Waals surface area contributed by atoms with Crippen molar-refractivity contribution in [3.63, 3.8) is 0 Å². The first-order chi connectivity index (χ1) is 8.24. The van der Waals surface area contributed by atoms with Crippen molar-refractivity contribution < 1.29 is 34.8 Å². The van der Waals surface area contributed by atoms with Gasteiger partial charge >= 0.3 is 12.4 Å². The third-order valence-corrected chi connectivity index (χ3v) is 3.59. The molecule has 11 heteroatoms. The van der Waals surface area contributed by atoms with Crippen molar-refractivity contribution in [2.75, 3.05) is 0 Å². The molecule has 2 N–H and O–H groups in total. The fourth-order valence-corrected chi connectivity index (χ4v) is 2.56. The van der Waals surface area contributed by atoms with E-state index in [0.29, 0.717) is 0 Å². The quantitative estimate of drug-likeness (QED) is 0.771. The highest BCUT2D eigenvalue weighted by Gasteiger charge is 2.41. The number of halogens is 7. The number of hydrogen-bond acceptors (Lipinski definition) is 2. The number of alkyl halides is 6. The molecule has 0 radical (unpaired) electrons. The second-order valence-corrected chi connectivity index (χ2v) is 5.75. The number of nitrogens with two attached hydrogens (primary N) is 1. The van der Waals surface area contributed by atoms with E-state index in [9.17, 15) is 34.8 Å². The molecule has 0 amide bonds. The van der Waals surface area contributed by atoms with E-state index in [-0.39, 0.29) is 12.1 Å². The van der Waals surface area contributed by atoms with Crippen molar-refractivity contribution in [1.82, 2.24) is 0 Å². The molecule has 0 aromatic heterocycles. The number of sulfonamides is 1. The van der Waals surface area contributed by atoms with E-state index in [1.807, 2.05) is 0 Å². The molecule has 0 aliphatic rings. The van der Waals surface area contributed by atoms with Crippen molar-refractivity contribution in [1.29, 1.82) is 0 Å². The van der Waals surface area contributed by atoms with Crippen LogP contribution in [0.15, 0.2) is 21.5 Å². The van der Waals surface area contributed by atoms with Crippen LogP contribution in [0, 0.1) is 0 Å². The molecule has 0 saturated carbocycles. The lowest BCUT2D eigenvalue weighted by molar-refractivity contribution is -0.143. The van der Waals surface area contributed by atoms with E-state index >= 15 is 0 Å². The number of rotatable bonds is 1. The minimum absolute atomic E-state index is 0.0303. The average molecular weight is 372 g/mol. The molecule has 0 heterocycles. The fraction of sp³-hybridized carbons (Fsp3) is 0.250.